The Balaban J connectivity index is 1.54. The molecule has 0 saturated heterocycles. The lowest BCUT2D eigenvalue weighted by Crippen LogP contribution is -2.46. The fourth-order valence-corrected chi connectivity index (χ4v) is 11.2. The first-order valence-electron chi connectivity index (χ1n) is 17.9. The summed E-state index contributed by atoms with van der Waals surface area (Å²) in [5, 5.41) is 0. The molecule has 0 amide bonds. The van der Waals surface area contributed by atoms with E-state index in [1.54, 1.807) is 0 Å². The smallest absolute Gasteiger partial charge is 0.164 e. The molecule has 0 aliphatic heterocycles. The van der Waals surface area contributed by atoms with Crippen molar-refractivity contribution in [2.75, 3.05) is 0 Å². The van der Waals surface area contributed by atoms with Crippen LogP contribution in [0.4, 0.5) is 0 Å². The van der Waals surface area contributed by atoms with Gasteiger partial charge in [-0.15, -0.1) is 0 Å². The van der Waals surface area contributed by atoms with Crippen LogP contribution in [0.2, 0.25) is 0 Å². The quantitative estimate of drug-likeness (QED) is 0.167. The van der Waals surface area contributed by atoms with Crippen molar-refractivity contribution < 1.29 is 4.79 Å². The van der Waals surface area contributed by atoms with E-state index in [1.807, 2.05) is 0 Å². The van der Waals surface area contributed by atoms with E-state index in [2.05, 4.69) is 212 Å². The second-order valence-corrected chi connectivity index (χ2v) is 14.2. The first kappa shape index (κ1) is 29.8. The predicted molar refractivity (Wildman–Crippen MR) is 206 cm³/mol. The van der Waals surface area contributed by atoms with Crippen LogP contribution in [0.5, 0.6) is 0 Å². The summed E-state index contributed by atoms with van der Waals surface area (Å²) in [5.41, 5.74) is 6.61. The van der Waals surface area contributed by atoms with Crippen molar-refractivity contribution in [3.63, 3.8) is 0 Å². The van der Waals surface area contributed by atoms with Crippen molar-refractivity contribution in [3.8, 4) is 0 Å². The second-order valence-electron chi connectivity index (χ2n) is 14.2. The highest BCUT2D eigenvalue weighted by Crippen LogP contribution is 2.96. The minimum Gasteiger partial charge on any atom is -0.297 e. The molecule has 3 aliphatic rings. The van der Waals surface area contributed by atoms with E-state index in [9.17, 15) is 0 Å². The summed E-state index contributed by atoms with van der Waals surface area (Å²) in [5.74, 6) is 0.207. The molecule has 242 valence electrons. The molecular weight excluding hydrogens is 617 g/mol. The number of hydrogen-bond donors (Lipinski definition) is 0. The molecule has 0 N–H and O–H groups in total. The molecule has 10 rings (SSSR count). The minimum atomic E-state index is -1.06. The van der Waals surface area contributed by atoms with Crippen molar-refractivity contribution in [2.24, 2.45) is 0 Å². The van der Waals surface area contributed by atoms with Crippen LogP contribution in [-0.2, 0) is 26.5 Å². The highest BCUT2D eigenvalue weighted by Gasteiger charge is 3.01. The SMILES string of the molecule is O=C1[C@]2(c3ccccc3)C(c3ccccc3)=C(c3ccccc3)[C@@]1(c1ccccc1)[C@@]1(c3ccccc3)C(c3ccccc3)[C@@]21c1ccccc1. The maximum Gasteiger partial charge on any atom is 0.164 e. The second kappa shape index (κ2) is 11.0. The highest BCUT2D eigenvalue weighted by atomic mass is 16.1. The molecule has 1 unspecified atom stereocenters. The molecular formula is C50H36O. The third-order valence-electron chi connectivity index (χ3n) is 12.4. The van der Waals surface area contributed by atoms with Gasteiger partial charge in [-0.05, 0) is 50.1 Å². The number of carbonyl (C=O) groups is 1. The molecule has 0 spiro atoms. The molecule has 0 heterocycles. The summed E-state index contributed by atoms with van der Waals surface area (Å²) in [4.78, 5) is 17.1. The van der Waals surface area contributed by atoms with Crippen LogP contribution in [0.25, 0.3) is 11.1 Å². The monoisotopic (exact) mass is 652 g/mol. The first-order chi connectivity index (χ1) is 25.3. The number of rotatable bonds is 7. The van der Waals surface area contributed by atoms with Crippen molar-refractivity contribution in [1.29, 1.82) is 0 Å². The van der Waals surface area contributed by atoms with Gasteiger partial charge in [-0.3, -0.25) is 4.79 Å². The van der Waals surface area contributed by atoms with E-state index < -0.39 is 21.7 Å². The Hall–Kier alpha value is -6.05. The maximum atomic E-state index is 17.1. The van der Waals surface area contributed by atoms with Gasteiger partial charge in [0.15, 0.2) is 5.78 Å². The topological polar surface area (TPSA) is 17.1 Å². The standard InChI is InChI=1S/C50H36O/c51-46-47(39-28-14-4-15-29-39)43(36-22-8-1-9-23-36)44(37-24-10-2-11-25-37)48(46,40-30-16-5-17-31-40)50(42-34-20-7-21-35-42)45(38-26-12-3-13-27-38)49(47,50)41-32-18-6-19-33-41/h1-35,45H/t45?,47-,48+,49-,50+. The Labute approximate surface area is 299 Å². The van der Waals surface area contributed by atoms with Crippen molar-refractivity contribution >= 4 is 16.9 Å². The van der Waals surface area contributed by atoms with Crippen LogP contribution in [0.1, 0.15) is 44.9 Å². The zero-order valence-electron chi connectivity index (χ0n) is 28.2. The molecule has 1 heteroatoms. The number of fused-ring (bicyclic) bond motifs is 5. The van der Waals surface area contributed by atoms with E-state index in [-0.39, 0.29) is 11.7 Å². The fraction of sp³-hybridized carbons (Fsp3) is 0.100. The third-order valence-corrected chi connectivity index (χ3v) is 12.4. The Kier molecular flexibility index (Phi) is 6.42. The van der Waals surface area contributed by atoms with E-state index in [0.717, 1.165) is 33.4 Å². The Morgan fingerprint density at radius 2 is 0.588 bits per heavy atom. The summed E-state index contributed by atoms with van der Waals surface area (Å²) >= 11 is 0. The molecule has 51 heavy (non-hydrogen) atoms. The minimum absolute atomic E-state index is 0.0472. The van der Waals surface area contributed by atoms with Crippen LogP contribution in [-0.4, -0.2) is 5.78 Å². The van der Waals surface area contributed by atoms with Gasteiger partial charge in [-0.1, -0.05) is 212 Å². The largest absolute Gasteiger partial charge is 0.297 e. The number of carbonyl (C=O) groups excluding carboxylic acids is 1. The lowest BCUT2D eigenvalue weighted by molar-refractivity contribution is -0.124. The molecule has 0 aromatic heterocycles. The summed E-state index contributed by atoms with van der Waals surface area (Å²) in [6, 6.07) is 76.1. The molecule has 5 atom stereocenters. The Morgan fingerprint density at radius 1 is 0.314 bits per heavy atom. The molecule has 2 bridgehead atoms. The summed E-state index contributed by atoms with van der Waals surface area (Å²) < 4.78 is 0. The summed E-state index contributed by atoms with van der Waals surface area (Å²) in [7, 11) is 0. The number of benzene rings is 7. The van der Waals surface area contributed by atoms with E-state index in [4.69, 9.17) is 0 Å². The summed E-state index contributed by atoms with van der Waals surface area (Å²) in [6.07, 6.45) is 0. The van der Waals surface area contributed by atoms with Crippen LogP contribution < -0.4 is 0 Å². The molecule has 7 aromatic rings. The first-order valence-corrected chi connectivity index (χ1v) is 17.9. The lowest BCUT2D eigenvalue weighted by atomic mass is 9.55. The molecule has 2 saturated carbocycles. The van der Waals surface area contributed by atoms with E-state index in [1.165, 1.54) is 16.7 Å². The average Bonchev–Trinajstić information content (AvgIpc) is 3.76. The van der Waals surface area contributed by atoms with Gasteiger partial charge in [0.1, 0.15) is 0 Å². The van der Waals surface area contributed by atoms with Gasteiger partial charge in [0.25, 0.3) is 0 Å². The van der Waals surface area contributed by atoms with E-state index in [0.29, 0.717) is 0 Å². The van der Waals surface area contributed by atoms with Crippen molar-refractivity contribution in [1.82, 2.24) is 0 Å². The van der Waals surface area contributed by atoms with Crippen LogP contribution >= 0.6 is 0 Å². The Bertz CT molecular complexity index is 2250. The number of allylic oxidation sites excluding steroid dienone is 2. The molecule has 2 fully saturated rings. The Morgan fingerprint density at radius 3 is 0.922 bits per heavy atom. The van der Waals surface area contributed by atoms with Gasteiger partial charge < -0.3 is 0 Å². The van der Waals surface area contributed by atoms with Crippen molar-refractivity contribution in [3.05, 3.63) is 251 Å². The number of hydrogen-bond acceptors (Lipinski definition) is 1. The fourth-order valence-electron chi connectivity index (χ4n) is 11.2. The molecule has 3 aliphatic carbocycles. The van der Waals surface area contributed by atoms with Crippen LogP contribution in [0.15, 0.2) is 212 Å². The number of Topliss-reactive ketones (excluding diaryl/α,β-unsaturated/α-hetero) is 1. The predicted octanol–water partition coefficient (Wildman–Crippen LogP) is 10.7. The summed E-state index contributed by atoms with van der Waals surface area (Å²) in [6.45, 7) is 0. The molecule has 7 aromatic carbocycles. The van der Waals surface area contributed by atoms with Gasteiger partial charge in [-0.2, -0.15) is 0 Å². The average molecular weight is 653 g/mol. The van der Waals surface area contributed by atoms with Gasteiger partial charge in [-0.25, -0.2) is 0 Å². The third kappa shape index (κ3) is 3.39. The zero-order valence-corrected chi connectivity index (χ0v) is 28.2. The number of ketones is 1. The zero-order chi connectivity index (χ0) is 34.1. The van der Waals surface area contributed by atoms with Gasteiger partial charge in [0.2, 0.25) is 0 Å². The molecule has 1 nitrogen and oxygen atoms in total. The van der Waals surface area contributed by atoms with Crippen LogP contribution in [0, 0.1) is 0 Å². The van der Waals surface area contributed by atoms with Gasteiger partial charge in [0, 0.05) is 16.7 Å². The van der Waals surface area contributed by atoms with Crippen molar-refractivity contribution in [2.45, 2.75) is 27.6 Å². The van der Waals surface area contributed by atoms with E-state index >= 15 is 4.79 Å². The molecule has 0 radical (unpaired) electrons. The highest BCUT2D eigenvalue weighted by molar-refractivity contribution is 6.34. The van der Waals surface area contributed by atoms with Crippen LogP contribution in [0.3, 0.4) is 0 Å². The normalized spacial score (nSPS) is 27.3. The van der Waals surface area contributed by atoms with Gasteiger partial charge in [0.05, 0.1) is 10.8 Å². The lowest BCUT2D eigenvalue weighted by Gasteiger charge is -2.44. The van der Waals surface area contributed by atoms with Gasteiger partial charge >= 0.3 is 0 Å². The maximum absolute atomic E-state index is 17.1.